The second-order valence-electron chi connectivity index (χ2n) is 2.95. The van der Waals surface area contributed by atoms with E-state index in [0.29, 0.717) is 5.56 Å². The van der Waals surface area contributed by atoms with Gasteiger partial charge in [-0.1, -0.05) is 24.3 Å². The Bertz CT molecular complexity index is 506. The molecule has 2 nitrogen and oxygen atoms in total. The van der Waals surface area contributed by atoms with Crippen molar-refractivity contribution in [3.05, 3.63) is 45.5 Å². The van der Waals surface area contributed by atoms with E-state index in [2.05, 4.69) is 22.6 Å². The van der Waals surface area contributed by atoms with Crippen molar-refractivity contribution in [2.24, 2.45) is 0 Å². The molecule has 0 spiro atoms. The SMILES string of the molecule is O=C(O)c1cccc2cccc(I)c12.[Ga]. The van der Waals surface area contributed by atoms with Crippen LogP contribution in [0.2, 0.25) is 0 Å². The molecule has 0 atom stereocenters. The summed E-state index contributed by atoms with van der Waals surface area (Å²) in [4.78, 5) is 11.0. The number of halogens is 1. The molecule has 0 aliphatic rings. The van der Waals surface area contributed by atoms with Gasteiger partial charge in [-0.15, -0.1) is 0 Å². The Morgan fingerprint density at radius 2 is 1.73 bits per heavy atom. The van der Waals surface area contributed by atoms with E-state index in [0.717, 1.165) is 14.3 Å². The largest absolute Gasteiger partial charge is 0.478 e. The van der Waals surface area contributed by atoms with Crippen LogP contribution in [-0.2, 0) is 0 Å². The molecular formula is C11H7GaIO2. The summed E-state index contributed by atoms with van der Waals surface area (Å²) < 4.78 is 0.970. The number of rotatable bonds is 1. The summed E-state index contributed by atoms with van der Waals surface area (Å²) in [5, 5.41) is 10.8. The van der Waals surface area contributed by atoms with Crippen molar-refractivity contribution in [1.82, 2.24) is 0 Å². The Kier molecular flexibility index (Phi) is 4.24. The van der Waals surface area contributed by atoms with E-state index < -0.39 is 5.97 Å². The van der Waals surface area contributed by atoms with E-state index in [4.69, 9.17) is 5.11 Å². The first kappa shape index (κ1) is 12.6. The first-order valence-electron chi connectivity index (χ1n) is 4.10. The van der Waals surface area contributed by atoms with Crippen molar-refractivity contribution in [1.29, 1.82) is 0 Å². The molecule has 15 heavy (non-hydrogen) atoms. The van der Waals surface area contributed by atoms with Crippen LogP contribution in [0.4, 0.5) is 0 Å². The van der Waals surface area contributed by atoms with Crippen molar-refractivity contribution in [2.45, 2.75) is 0 Å². The first-order chi connectivity index (χ1) is 6.70. The van der Waals surface area contributed by atoms with Gasteiger partial charge in [-0.2, -0.15) is 0 Å². The van der Waals surface area contributed by atoms with E-state index in [1.165, 1.54) is 0 Å². The summed E-state index contributed by atoms with van der Waals surface area (Å²) in [7, 11) is 0. The van der Waals surface area contributed by atoms with Crippen LogP contribution in [0.25, 0.3) is 10.8 Å². The fraction of sp³-hybridized carbons (Fsp3) is 0. The van der Waals surface area contributed by atoms with E-state index >= 15 is 0 Å². The van der Waals surface area contributed by atoms with E-state index in [-0.39, 0.29) is 19.8 Å². The maximum absolute atomic E-state index is 11.0. The zero-order valence-corrected chi connectivity index (χ0v) is 12.4. The van der Waals surface area contributed by atoms with Crippen molar-refractivity contribution in [2.75, 3.05) is 0 Å². The van der Waals surface area contributed by atoms with Crippen LogP contribution < -0.4 is 0 Å². The van der Waals surface area contributed by atoms with Gasteiger partial charge in [-0.3, -0.25) is 0 Å². The number of hydrogen-bond acceptors (Lipinski definition) is 1. The van der Waals surface area contributed by atoms with Crippen LogP contribution in [0, 0.1) is 3.57 Å². The summed E-state index contributed by atoms with van der Waals surface area (Å²) in [6, 6.07) is 11.1. The molecule has 0 aliphatic heterocycles. The molecular weight excluding hydrogens is 361 g/mol. The zero-order valence-electron chi connectivity index (χ0n) is 7.77. The van der Waals surface area contributed by atoms with Crippen molar-refractivity contribution < 1.29 is 9.90 Å². The molecule has 0 unspecified atom stereocenters. The van der Waals surface area contributed by atoms with Crippen molar-refractivity contribution in [3.63, 3.8) is 0 Å². The van der Waals surface area contributed by atoms with Gasteiger partial charge < -0.3 is 5.11 Å². The molecule has 0 heterocycles. The minimum absolute atomic E-state index is 0. The molecule has 0 amide bonds. The monoisotopic (exact) mass is 367 g/mol. The topological polar surface area (TPSA) is 37.3 Å². The molecule has 0 aliphatic carbocycles. The van der Waals surface area contributed by atoms with Gasteiger partial charge in [-0.25, -0.2) is 4.79 Å². The third kappa shape index (κ3) is 2.38. The number of hydrogen-bond donors (Lipinski definition) is 1. The van der Waals surface area contributed by atoms with E-state index in [1.54, 1.807) is 12.1 Å². The molecule has 0 saturated carbocycles. The summed E-state index contributed by atoms with van der Waals surface area (Å²) in [5.41, 5.74) is 0.368. The Morgan fingerprint density at radius 1 is 1.13 bits per heavy atom. The maximum atomic E-state index is 11.0. The number of benzene rings is 2. The Hall–Kier alpha value is -0.464. The number of carbonyl (C=O) groups is 1. The molecule has 2 aromatic carbocycles. The molecule has 3 radical (unpaired) electrons. The molecule has 2 rings (SSSR count). The normalized spacial score (nSPS) is 9.67. The van der Waals surface area contributed by atoms with Crippen LogP contribution in [0.15, 0.2) is 36.4 Å². The van der Waals surface area contributed by atoms with Crippen LogP contribution in [0.1, 0.15) is 10.4 Å². The average molecular weight is 368 g/mol. The van der Waals surface area contributed by atoms with E-state index in [1.807, 2.05) is 24.3 Å². The van der Waals surface area contributed by atoms with Gasteiger partial charge in [-0.05, 0) is 40.1 Å². The zero-order chi connectivity index (χ0) is 10.1. The van der Waals surface area contributed by atoms with Crippen LogP contribution >= 0.6 is 22.6 Å². The minimum Gasteiger partial charge on any atom is -0.478 e. The molecule has 73 valence electrons. The number of aromatic carboxylic acids is 1. The van der Waals surface area contributed by atoms with Crippen molar-refractivity contribution >= 4 is 59.1 Å². The van der Waals surface area contributed by atoms with Gasteiger partial charge in [0.05, 0.1) is 5.56 Å². The Morgan fingerprint density at radius 3 is 2.33 bits per heavy atom. The molecule has 0 bridgehead atoms. The Balaban J connectivity index is 0.00000112. The predicted molar refractivity (Wildman–Crippen MR) is 69.4 cm³/mol. The van der Waals surface area contributed by atoms with Gasteiger partial charge in [0.25, 0.3) is 0 Å². The molecule has 1 N–H and O–H groups in total. The summed E-state index contributed by atoms with van der Waals surface area (Å²) in [5.74, 6) is -0.875. The second kappa shape index (κ2) is 5.04. The summed E-state index contributed by atoms with van der Waals surface area (Å²) in [6.07, 6.45) is 0. The smallest absolute Gasteiger partial charge is 0.336 e. The fourth-order valence-electron chi connectivity index (χ4n) is 1.47. The third-order valence-electron chi connectivity index (χ3n) is 2.08. The molecule has 0 aromatic heterocycles. The third-order valence-corrected chi connectivity index (χ3v) is 2.98. The first-order valence-corrected chi connectivity index (χ1v) is 5.18. The van der Waals surface area contributed by atoms with Gasteiger partial charge in [0.1, 0.15) is 0 Å². The van der Waals surface area contributed by atoms with Crippen molar-refractivity contribution in [3.8, 4) is 0 Å². The minimum atomic E-state index is -0.875. The number of carboxylic acid groups (broad SMARTS) is 1. The number of fused-ring (bicyclic) bond motifs is 1. The standard InChI is InChI=1S/C11H7IO2.Ga/c12-9-6-2-4-7-3-1-5-8(10(7)9)11(13)14;/h1-6H,(H,13,14);. The predicted octanol–water partition coefficient (Wildman–Crippen LogP) is 2.76. The van der Waals surface area contributed by atoms with Crippen LogP contribution in [-0.4, -0.2) is 30.9 Å². The number of carboxylic acids is 1. The molecule has 4 heteroatoms. The average Bonchev–Trinajstić information content (AvgIpc) is 2.17. The van der Waals surface area contributed by atoms with Crippen LogP contribution in [0.3, 0.4) is 0 Å². The summed E-state index contributed by atoms with van der Waals surface area (Å²) >= 11 is 2.15. The fourth-order valence-corrected chi connectivity index (χ4v) is 2.28. The van der Waals surface area contributed by atoms with Gasteiger partial charge in [0.15, 0.2) is 0 Å². The molecule has 2 aromatic rings. The van der Waals surface area contributed by atoms with Gasteiger partial charge in [0, 0.05) is 28.7 Å². The van der Waals surface area contributed by atoms with E-state index in [9.17, 15) is 4.79 Å². The van der Waals surface area contributed by atoms with Gasteiger partial charge in [0.2, 0.25) is 0 Å². The van der Waals surface area contributed by atoms with Crippen LogP contribution in [0.5, 0.6) is 0 Å². The molecule has 0 fully saturated rings. The quantitative estimate of drug-likeness (QED) is 0.621. The van der Waals surface area contributed by atoms with Gasteiger partial charge >= 0.3 is 5.97 Å². The maximum Gasteiger partial charge on any atom is 0.336 e. The second-order valence-corrected chi connectivity index (χ2v) is 4.11. The molecule has 0 saturated heterocycles. The Labute approximate surface area is 114 Å². The summed E-state index contributed by atoms with van der Waals surface area (Å²) in [6.45, 7) is 0.